The Morgan fingerprint density at radius 3 is 1.48 bits per heavy atom. The molecule has 0 N–H and O–H groups in total. The molecule has 0 atom stereocenters. The second-order valence-electron chi connectivity index (χ2n) is 4.16. The van der Waals surface area contributed by atoms with Crippen molar-refractivity contribution in [1.82, 2.24) is 10.2 Å². The topological polar surface area (TPSA) is 25.8 Å². The summed E-state index contributed by atoms with van der Waals surface area (Å²) in [6.07, 6.45) is 0. The van der Waals surface area contributed by atoms with E-state index in [1.165, 1.54) is 11.3 Å². The monoisotopic (exact) mass is 374 g/mol. The molecule has 1 aromatic heterocycles. The SMILES string of the molecule is Clc1ccc(-c2nnc(-c3ccc(Cl)cc3Cl)s2)c(Cl)c1. The summed E-state index contributed by atoms with van der Waals surface area (Å²) in [5.74, 6) is 0. The zero-order valence-corrected chi connectivity index (χ0v) is 14.1. The number of benzene rings is 2. The van der Waals surface area contributed by atoms with Crippen molar-refractivity contribution in [1.29, 1.82) is 0 Å². The summed E-state index contributed by atoms with van der Waals surface area (Å²) in [6, 6.07) is 10.5. The van der Waals surface area contributed by atoms with Crippen molar-refractivity contribution in [3.05, 3.63) is 56.5 Å². The molecule has 3 aromatic rings. The van der Waals surface area contributed by atoms with E-state index in [1.807, 2.05) is 12.1 Å². The van der Waals surface area contributed by atoms with Crippen LogP contribution in [0.5, 0.6) is 0 Å². The van der Waals surface area contributed by atoms with Gasteiger partial charge in [0.15, 0.2) is 0 Å². The lowest BCUT2D eigenvalue weighted by molar-refractivity contribution is 1.10. The lowest BCUT2D eigenvalue weighted by atomic mass is 10.2. The van der Waals surface area contributed by atoms with Gasteiger partial charge in [0, 0.05) is 21.2 Å². The number of hydrogen-bond acceptors (Lipinski definition) is 3. The Morgan fingerprint density at radius 2 is 1.10 bits per heavy atom. The highest BCUT2D eigenvalue weighted by molar-refractivity contribution is 7.18. The minimum absolute atomic E-state index is 0.535. The molecule has 0 aliphatic rings. The van der Waals surface area contributed by atoms with Gasteiger partial charge in [0.2, 0.25) is 0 Å². The fourth-order valence-corrected chi connectivity index (χ4v) is 3.80. The normalized spacial score (nSPS) is 10.9. The minimum atomic E-state index is 0.535. The van der Waals surface area contributed by atoms with E-state index in [0.717, 1.165) is 11.1 Å². The molecule has 0 aliphatic carbocycles. The van der Waals surface area contributed by atoms with E-state index >= 15 is 0 Å². The molecule has 0 radical (unpaired) electrons. The van der Waals surface area contributed by atoms with Crippen molar-refractivity contribution in [3.63, 3.8) is 0 Å². The van der Waals surface area contributed by atoms with Crippen LogP contribution in [0.1, 0.15) is 0 Å². The van der Waals surface area contributed by atoms with E-state index in [9.17, 15) is 0 Å². The Hall–Kier alpha value is -0.840. The number of nitrogens with zero attached hydrogens (tertiary/aromatic N) is 2. The summed E-state index contributed by atoms with van der Waals surface area (Å²) < 4.78 is 0. The van der Waals surface area contributed by atoms with E-state index in [4.69, 9.17) is 46.4 Å². The molecule has 0 aliphatic heterocycles. The van der Waals surface area contributed by atoms with Gasteiger partial charge in [-0.25, -0.2) is 0 Å². The molecule has 3 rings (SSSR count). The van der Waals surface area contributed by atoms with Crippen LogP contribution in [-0.2, 0) is 0 Å². The van der Waals surface area contributed by atoms with Crippen molar-refractivity contribution in [3.8, 4) is 21.1 Å². The van der Waals surface area contributed by atoms with Gasteiger partial charge in [-0.05, 0) is 36.4 Å². The summed E-state index contributed by atoms with van der Waals surface area (Å²) in [4.78, 5) is 0. The first-order valence-electron chi connectivity index (χ1n) is 5.79. The average Bonchev–Trinajstić information content (AvgIpc) is 2.87. The maximum absolute atomic E-state index is 6.18. The third-order valence-electron chi connectivity index (χ3n) is 2.75. The molecule has 2 nitrogen and oxygen atoms in total. The van der Waals surface area contributed by atoms with Crippen molar-refractivity contribution in [2.75, 3.05) is 0 Å². The Bertz CT molecular complexity index is 750. The van der Waals surface area contributed by atoms with Crippen molar-refractivity contribution < 1.29 is 0 Å². The molecule has 0 saturated carbocycles. The summed E-state index contributed by atoms with van der Waals surface area (Å²) in [5, 5.41) is 12.0. The van der Waals surface area contributed by atoms with Crippen molar-refractivity contribution in [2.24, 2.45) is 0 Å². The molecule has 2 aromatic carbocycles. The van der Waals surface area contributed by atoms with Crippen LogP contribution in [0.15, 0.2) is 36.4 Å². The highest BCUT2D eigenvalue weighted by Crippen LogP contribution is 2.37. The minimum Gasteiger partial charge on any atom is -0.138 e. The maximum Gasteiger partial charge on any atom is 0.149 e. The maximum atomic E-state index is 6.18. The molecule has 0 fully saturated rings. The number of aromatic nitrogens is 2. The van der Waals surface area contributed by atoms with Crippen LogP contribution in [0.2, 0.25) is 20.1 Å². The first-order valence-corrected chi connectivity index (χ1v) is 8.12. The van der Waals surface area contributed by atoms with Gasteiger partial charge in [0.05, 0.1) is 10.0 Å². The fraction of sp³-hybridized carbons (Fsp3) is 0. The van der Waals surface area contributed by atoms with E-state index in [0.29, 0.717) is 30.1 Å². The van der Waals surface area contributed by atoms with Crippen LogP contribution in [0, 0.1) is 0 Å². The molecule has 0 saturated heterocycles. The first kappa shape index (κ1) is 15.1. The van der Waals surface area contributed by atoms with Gasteiger partial charge >= 0.3 is 0 Å². The molecule has 0 bridgehead atoms. The van der Waals surface area contributed by atoms with Crippen LogP contribution in [0.3, 0.4) is 0 Å². The lowest BCUT2D eigenvalue weighted by Gasteiger charge is -2.00. The Labute approximate surface area is 145 Å². The quantitative estimate of drug-likeness (QED) is 0.511. The van der Waals surface area contributed by atoms with Gasteiger partial charge in [0.1, 0.15) is 10.0 Å². The van der Waals surface area contributed by atoms with E-state index in [-0.39, 0.29) is 0 Å². The third-order valence-corrected chi connectivity index (χ3v) is 4.83. The Kier molecular flexibility index (Phi) is 4.38. The van der Waals surface area contributed by atoms with Gasteiger partial charge < -0.3 is 0 Å². The molecule has 0 spiro atoms. The third kappa shape index (κ3) is 3.17. The number of rotatable bonds is 2. The van der Waals surface area contributed by atoms with Gasteiger partial charge in [-0.2, -0.15) is 0 Å². The smallest absolute Gasteiger partial charge is 0.138 e. The van der Waals surface area contributed by atoms with E-state index in [2.05, 4.69) is 10.2 Å². The highest BCUT2D eigenvalue weighted by Gasteiger charge is 2.14. The Morgan fingerprint density at radius 1 is 0.667 bits per heavy atom. The summed E-state index contributed by atoms with van der Waals surface area (Å²) in [6.45, 7) is 0. The highest BCUT2D eigenvalue weighted by atomic mass is 35.5. The molecule has 0 unspecified atom stereocenters. The predicted molar refractivity (Wildman–Crippen MR) is 90.8 cm³/mol. The Balaban J connectivity index is 2.03. The number of halogens is 4. The zero-order chi connectivity index (χ0) is 15.0. The molecule has 1 heterocycles. The van der Waals surface area contributed by atoms with Crippen LogP contribution < -0.4 is 0 Å². The molecule has 7 heteroatoms. The van der Waals surface area contributed by atoms with Gasteiger partial charge in [0.25, 0.3) is 0 Å². The lowest BCUT2D eigenvalue weighted by Crippen LogP contribution is -1.79. The number of hydrogen-bond donors (Lipinski definition) is 0. The molecule has 21 heavy (non-hydrogen) atoms. The zero-order valence-electron chi connectivity index (χ0n) is 10.3. The second kappa shape index (κ2) is 6.11. The van der Waals surface area contributed by atoms with Gasteiger partial charge in [-0.1, -0.05) is 57.7 Å². The summed E-state index contributed by atoms with van der Waals surface area (Å²) >= 11 is 25.6. The predicted octanol–water partition coefficient (Wildman–Crippen LogP) is 6.49. The largest absolute Gasteiger partial charge is 0.149 e. The molecule has 106 valence electrons. The van der Waals surface area contributed by atoms with E-state index < -0.39 is 0 Å². The van der Waals surface area contributed by atoms with Crippen molar-refractivity contribution in [2.45, 2.75) is 0 Å². The standard InChI is InChI=1S/C14H6Cl4N2S/c15-7-1-3-9(11(17)5-7)13-19-20-14(21-13)10-4-2-8(16)6-12(10)18/h1-6H. The van der Waals surface area contributed by atoms with Crippen LogP contribution in [-0.4, -0.2) is 10.2 Å². The van der Waals surface area contributed by atoms with Gasteiger partial charge in [-0.3, -0.25) is 0 Å². The van der Waals surface area contributed by atoms with Crippen LogP contribution in [0.4, 0.5) is 0 Å². The van der Waals surface area contributed by atoms with Gasteiger partial charge in [-0.15, -0.1) is 10.2 Å². The molecular formula is C14H6Cl4N2S. The molecule has 0 amide bonds. The fourth-order valence-electron chi connectivity index (χ4n) is 1.77. The first-order chi connectivity index (χ1) is 10.0. The van der Waals surface area contributed by atoms with Crippen molar-refractivity contribution >= 4 is 57.7 Å². The van der Waals surface area contributed by atoms with Crippen LogP contribution in [0.25, 0.3) is 21.1 Å². The summed E-state index contributed by atoms with van der Waals surface area (Å²) in [7, 11) is 0. The second-order valence-corrected chi connectivity index (χ2v) is 6.83. The van der Waals surface area contributed by atoms with E-state index in [1.54, 1.807) is 24.3 Å². The average molecular weight is 376 g/mol. The molecular weight excluding hydrogens is 370 g/mol. The van der Waals surface area contributed by atoms with Crippen LogP contribution >= 0.6 is 57.7 Å². The summed E-state index contributed by atoms with van der Waals surface area (Å²) in [5.41, 5.74) is 1.57.